The molecule has 2 aromatic rings. The van der Waals surface area contributed by atoms with E-state index in [1.165, 1.54) is 23.3 Å². The maximum Gasteiger partial charge on any atom is 0.238 e. The summed E-state index contributed by atoms with van der Waals surface area (Å²) in [6, 6.07) is 12.8. The number of rotatable bonds is 7. The molecule has 0 saturated heterocycles. The van der Waals surface area contributed by atoms with Crippen molar-refractivity contribution >= 4 is 40.0 Å². The summed E-state index contributed by atoms with van der Waals surface area (Å²) in [7, 11) is -3.67. The lowest BCUT2D eigenvalue weighted by atomic mass is 10.1. The van der Waals surface area contributed by atoms with Gasteiger partial charge < -0.3 is 15.4 Å². The molecule has 1 heterocycles. The van der Waals surface area contributed by atoms with Gasteiger partial charge in [-0.1, -0.05) is 24.3 Å². The molecule has 7 nitrogen and oxygen atoms in total. The van der Waals surface area contributed by atoms with E-state index in [1.807, 2.05) is 13.0 Å². The third kappa shape index (κ3) is 6.86. The molecule has 0 fully saturated rings. The first kappa shape index (κ1) is 23.4. The van der Waals surface area contributed by atoms with E-state index in [2.05, 4.69) is 27.8 Å². The molecule has 29 heavy (non-hydrogen) atoms. The Morgan fingerprint density at radius 3 is 2.55 bits per heavy atom. The molecule has 0 amide bonds. The Bertz CT molecular complexity index is 947. The second kappa shape index (κ2) is 10.8. The molecule has 0 bridgehead atoms. The van der Waals surface area contributed by atoms with Crippen LogP contribution in [0.2, 0.25) is 0 Å². The van der Waals surface area contributed by atoms with Crippen molar-refractivity contribution in [1.82, 2.24) is 10.6 Å². The van der Waals surface area contributed by atoms with Gasteiger partial charge in [0.05, 0.1) is 18.0 Å². The van der Waals surface area contributed by atoms with Crippen molar-refractivity contribution in [2.75, 3.05) is 19.7 Å². The summed E-state index contributed by atoms with van der Waals surface area (Å²) in [6.07, 6.45) is 1.87. The van der Waals surface area contributed by atoms with Crippen LogP contribution in [0.4, 0.5) is 0 Å². The monoisotopic (exact) mass is 530 g/mol. The molecule has 0 unspecified atom stereocenters. The quantitative estimate of drug-likeness (QED) is 0.289. The van der Waals surface area contributed by atoms with Crippen LogP contribution in [0.1, 0.15) is 23.6 Å². The van der Waals surface area contributed by atoms with Gasteiger partial charge in [-0.05, 0) is 48.2 Å². The molecular formula is C20H27IN4O3S. The third-order valence-electron chi connectivity index (χ3n) is 4.48. The Labute approximate surface area is 189 Å². The summed E-state index contributed by atoms with van der Waals surface area (Å²) in [6.45, 7) is 4.74. The number of nitrogens with zero attached hydrogens (tertiary/aromatic N) is 1. The zero-order chi connectivity index (χ0) is 20.0. The zero-order valence-corrected chi connectivity index (χ0v) is 19.5. The minimum atomic E-state index is -3.67. The molecule has 1 aliphatic heterocycles. The topological polar surface area (TPSA) is 106 Å². The number of aliphatic imine (C=N–C) groups is 1. The number of hydrogen-bond donors (Lipinski definition) is 3. The number of fused-ring (bicyclic) bond motifs is 1. The number of benzene rings is 2. The number of hydrogen-bond acceptors (Lipinski definition) is 4. The first-order chi connectivity index (χ1) is 13.5. The number of nitrogens with two attached hydrogens (primary N) is 1. The van der Waals surface area contributed by atoms with Crippen molar-refractivity contribution in [2.24, 2.45) is 10.1 Å². The average Bonchev–Trinajstić information content (AvgIpc) is 3.13. The highest BCUT2D eigenvalue weighted by atomic mass is 127. The van der Waals surface area contributed by atoms with E-state index in [9.17, 15) is 8.42 Å². The SMILES string of the molecule is CCNC(=NCc1ccc(S(N)(=O)=O)cc1)NCCc1ccc2c(c1)CCO2.I. The Kier molecular flexibility index (Phi) is 8.72. The smallest absolute Gasteiger partial charge is 0.238 e. The van der Waals surface area contributed by atoms with E-state index in [-0.39, 0.29) is 28.9 Å². The molecule has 0 atom stereocenters. The normalized spacial score (nSPS) is 13.2. The van der Waals surface area contributed by atoms with Crippen LogP contribution in [0.3, 0.4) is 0 Å². The fourth-order valence-corrected chi connectivity index (χ4v) is 3.53. The highest BCUT2D eigenvalue weighted by molar-refractivity contribution is 14.0. The van der Waals surface area contributed by atoms with Gasteiger partial charge >= 0.3 is 0 Å². The number of sulfonamides is 1. The van der Waals surface area contributed by atoms with Crippen LogP contribution in [0.25, 0.3) is 0 Å². The molecule has 1 aliphatic rings. The Morgan fingerprint density at radius 2 is 1.86 bits per heavy atom. The molecular weight excluding hydrogens is 503 g/mol. The van der Waals surface area contributed by atoms with Gasteiger partial charge in [0.2, 0.25) is 10.0 Å². The molecule has 0 radical (unpaired) electrons. The minimum Gasteiger partial charge on any atom is -0.493 e. The molecule has 0 spiro atoms. The van der Waals surface area contributed by atoms with Crippen molar-refractivity contribution in [3.63, 3.8) is 0 Å². The lowest BCUT2D eigenvalue weighted by Gasteiger charge is -2.12. The van der Waals surface area contributed by atoms with Crippen LogP contribution in [0.5, 0.6) is 5.75 Å². The number of ether oxygens (including phenoxy) is 1. The van der Waals surface area contributed by atoms with Gasteiger partial charge in [0.25, 0.3) is 0 Å². The van der Waals surface area contributed by atoms with Crippen LogP contribution in [0.15, 0.2) is 52.4 Å². The van der Waals surface area contributed by atoms with E-state index in [0.717, 1.165) is 49.8 Å². The average molecular weight is 530 g/mol. The van der Waals surface area contributed by atoms with Crippen molar-refractivity contribution in [1.29, 1.82) is 0 Å². The van der Waals surface area contributed by atoms with Gasteiger partial charge in [-0.15, -0.1) is 24.0 Å². The fraction of sp³-hybridized carbons (Fsp3) is 0.350. The lowest BCUT2D eigenvalue weighted by Crippen LogP contribution is -2.38. The Morgan fingerprint density at radius 1 is 1.14 bits per heavy atom. The van der Waals surface area contributed by atoms with Gasteiger partial charge in [-0.2, -0.15) is 0 Å². The summed E-state index contributed by atoms with van der Waals surface area (Å²) >= 11 is 0. The number of primary sulfonamides is 1. The minimum absolute atomic E-state index is 0. The van der Waals surface area contributed by atoms with Crippen molar-refractivity contribution in [3.8, 4) is 5.75 Å². The second-order valence-electron chi connectivity index (χ2n) is 6.60. The summed E-state index contributed by atoms with van der Waals surface area (Å²) in [5.41, 5.74) is 3.45. The second-order valence-corrected chi connectivity index (χ2v) is 8.16. The van der Waals surface area contributed by atoms with E-state index in [1.54, 1.807) is 12.1 Å². The first-order valence-electron chi connectivity index (χ1n) is 9.34. The highest BCUT2D eigenvalue weighted by Gasteiger charge is 2.12. The molecule has 0 aromatic heterocycles. The van der Waals surface area contributed by atoms with Crippen molar-refractivity contribution < 1.29 is 13.2 Å². The van der Waals surface area contributed by atoms with E-state index in [4.69, 9.17) is 9.88 Å². The standard InChI is InChI=1S/C20H26N4O3S.HI/c1-2-22-20(24-14-16-3-6-18(7-4-16)28(21,25)26)23-11-9-15-5-8-19-17(13-15)10-12-27-19;/h3-8,13H,2,9-12,14H2,1H3,(H2,21,25,26)(H2,22,23,24);1H. The van der Waals surface area contributed by atoms with E-state index < -0.39 is 10.0 Å². The number of nitrogens with one attached hydrogen (secondary N) is 2. The summed E-state index contributed by atoms with van der Waals surface area (Å²) in [5, 5.41) is 11.7. The van der Waals surface area contributed by atoms with Gasteiger partial charge in [-0.3, -0.25) is 0 Å². The summed E-state index contributed by atoms with van der Waals surface area (Å²) in [5.74, 6) is 1.72. The lowest BCUT2D eigenvalue weighted by molar-refractivity contribution is 0.357. The van der Waals surface area contributed by atoms with Gasteiger partial charge in [0, 0.05) is 19.5 Å². The van der Waals surface area contributed by atoms with Crippen molar-refractivity contribution in [3.05, 3.63) is 59.2 Å². The van der Waals surface area contributed by atoms with E-state index >= 15 is 0 Å². The number of halogens is 1. The fourth-order valence-electron chi connectivity index (χ4n) is 3.02. The largest absolute Gasteiger partial charge is 0.493 e. The van der Waals surface area contributed by atoms with Crippen LogP contribution in [-0.4, -0.2) is 34.1 Å². The summed E-state index contributed by atoms with van der Waals surface area (Å²) < 4.78 is 28.2. The molecule has 4 N–H and O–H groups in total. The molecule has 0 aliphatic carbocycles. The zero-order valence-electron chi connectivity index (χ0n) is 16.3. The first-order valence-corrected chi connectivity index (χ1v) is 10.9. The van der Waals surface area contributed by atoms with E-state index in [0.29, 0.717) is 6.54 Å². The van der Waals surface area contributed by atoms with Gasteiger partial charge in [0.15, 0.2) is 5.96 Å². The van der Waals surface area contributed by atoms with Crippen LogP contribution < -0.4 is 20.5 Å². The molecule has 0 saturated carbocycles. The molecule has 2 aromatic carbocycles. The van der Waals surface area contributed by atoms with Crippen molar-refractivity contribution in [2.45, 2.75) is 31.2 Å². The maximum absolute atomic E-state index is 11.3. The van der Waals surface area contributed by atoms with Crippen LogP contribution in [-0.2, 0) is 29.4 Å². The third-order valence-corrected chi connectivity index (χ3v) is 5.41. The molecule has 9 heteroatoms. The number of guanidine groups is 1. The molecule has 158 valence electrons. The van der Waals surface area contributed by atoms with Gasteiger partial charge in [0.1, 0.15) is 5.75 Å². The van der Waals surface area contributed by atoms with Gasteiger partial charge in [-0.25, -0.2) is 18.5 Å². The Hall–Kier alpha value is -1.85. The summed E-state index contributed by atoms with van der Waals surface area (Å²) in [4.78, 5) is 4.66. The Balaban J connectivity index is 0.00000300. The van der Waals surface area contributed by atoms with Crippen LogP contribution in [0, 0.1) is 0 Å². The predicted molar refractivity (Wildman–Crippen MR) is 125 cm³/mol. The predicted octanol–water partition coefficient (Wildman–Crippen LogP) is 2.18. The molecule has 3 rings (SSSR count). The van der Waals surface area contributed by atoms with Crippen LogP contribution >= 0.6 is 24.0 Å². The maximum atomic E-state index is 11.3. The highest BCUT2D eigenvalue weighted by Crippen LogP contribution is 2.25.